The Morgan fingerprint density at radius 1 is 0.923 bits per heavy atom. The maximum absolute atomic E-state index is 5.55. The van der Waals surface area contributed by atoms with E-state index in [1.807, 2.05) is 30.3 Å². The van der Waals surface area contributed by atoms with Gasteiger partial charge in [0.2, 0.25) is 0 Å². The largest absolute Gasteiger partial charge is 0.358 e. The minimum atomic E-state index is 0.199. The van der Waals surface area contributed by atoms with E-state index in [-0.39, 0.29) is 6.04 Å². The molecule has 4 nitrogen and oxygen atoms in total. The average Bonchev–Trinajstić information content (AvgIpc) is 2.65. The third-order valence-corrected chi connectivity index (χ3v) is 5.16. The summed E-state index contributed by atoms with van der Waals surface area (Å²) in [6, 6.07) is 21.3. The molecule has 3 rings (SSSR count). The molecule has 2 N–H and O–H groups in total. The maximum Gasteiger partial charge on any atom is 0.171 e. The summed E-state index contributed by atoms with van der Waals surface area (Å²) in [6.07, 6.45) is 0. The summed E-state index contributed by atoms with van der Waals surface area (Å²) < 4.78 is 0. The Morgan fingerprint density at radius 2 is 1.50 bits per heavy atom. The Labute approximate surface area is 162 Å². The molecule has 2 aromatic rings. The molecule has 1 aliphatic rings. The molecule has 2 atom stereocenters. The topological polar surface area (TPSA) is 30.5 Å². The number of anilines is 1. The molecule has 1 fully saturated rings. The first-order valence-corrected chi connectivity index (χ1v) is 9.64. The van der Waals surface area contributed by atoms with Gasteiger partial charge in [0.15, 0.2) is 5.11 Å². The van der Waals surface area contributed by atoms with Crippen molar-refractivity contribution in [1.82, 2.24) is 15.1 Å². The molecule has 0 spiro atoms. The predicted molar refractivity (Wildman–Crippen MR) is 114 cm³/mol. The second kappa shape index (κ2) is 9.12. The van der Waals surface area contributed by atoms with Crippen LogP contribution in [0.25, 0.3) is 0 Å². The Morgan fingerprint density at radius 3 is 2.12 bits per heavy atom. The van der Waals surface area contributed by atoms with Gasteiger partial charge in [-0.1, -0.05) is 48.5 Å². The number of hydrogen-bond donors (Lipinski definition) is 2. The number of thiocarbonyl (C=S) groups is 1. The molecule has 1 heterocycles. The van der Waals surface area contributed by atoms with Crippen molar-refractivity contribution in [3.05, 3.63) is 66.2 Å². The molecule has 0 amide bonds. The molecule has 26 heavy (non-hydrogen) atoms. The monoisotopic (exact) mass is 368 g/mol. The van der Waals surface area contributed by atoms with Crippen LogP contribution in [0, 0.1) is 0 Å². The van der Waals surface area contributed by atoms with Gasteiger partial charge < -0.3 is 15.5 Å². The van der Waals surface area contributed by atoms with E-state index in [9.17, 15) is 0 Å². The highest BCUT2D eigenvalue weighted by Gasteiger charge is 2.28. The summed E-state index contributed by atoms with van der Waals surface area (Å²) >= 11 is 5.55. The molecule has 1 aliphatic heterocycles. The molecular formula is C21H28N4S. The molecule has 0 radical (unpaired) electrons. The lowest BCUT2D eigenvalue weighted by Gasteiger charge is -2.41. The van der Waals surface area contributed by atoms with E-state index in [0.717, 1.165) is 31.9 Å². The first-order valence-electron chi connectivity index (χ1n) is 9.23. The molecule has 5 heteroatoms. The number of nitrogens with zero attached hydrogens (tertiary/aromatic N) is 2. The van der Waals surface area contributed by atoms with Gasteiger partial charge in [-0.05, 0) is 43.9 Å². The van der Waals surface area contributed by atoms with E-state index in [4.69, 9.17) is 12.2 Å². The van der Waals surface area contributed by atoms with Crippen LogP contribution < -0.4 is 10.6 Å². The second-order valence-electron chi connectivity index (χ2n) is 6.95. The third kappa shape index (κ3) is 5.04. The lowest BCUT2D eigenvalue weighted by Crippen LogP contribution is -2.52. The Hall–Kier alpha value is -1.95. The van der Waals surface area contributed by atoms with Crippen molar-refractivity contribution in [1.29, 1.82) is 0 Å². The maximum atomic E-state index is 5.55. The van der Waals surface area contributed by atoms with Crippen molar-refractivity contribution in [3.8, 4) is 0 Å². The SMILES string of the molecule is CC(NC(=S)Nc1ccccc1)C(c1ccccc1)N1CCN(C)CC1. The second-order valence-corrected chi connectivity index (χ2v) is 7.36. The fourth-order valence-corrected chi connectivity index (χ4v) is 3.84. The highest BCUT2D eigenvalue weighted by molar-refractivity contribution is 7.80. The number of piperazine rings is 1. The van der Waals surface area contributed by atoms with Crippen molar-refractivity contribution in [2.75, 3.05) is 38.5 Å². The summed E-state index contributed by atoms with van der Waals surface area (Å²) in [5, 5.41) is 7.45. The van der Waals surface area contributed by atoms with Gasteiger partial charge in [-0.25, -0.2) is 0 Å². The molecule has 0 bridgehead atoms. The van der Waals surface area contributed by atoms with Crippen molar-refractivity contribution in [2.45, 2.75) is 19.0 Å². The molecule has 0 aliphatic carbocycles. The van der Waals surface area contributed by atoms with Crippen LogP contribution >= 0.6 is 12.2 Å². The Bertz CT molecular complexity index is 684. The van der Waals surface area contributed by atoms with Gasteiger partial charge in [-0.3, -0.25) is 4.90 Å². The van der Waals surface area contributed by atoms with Gasteiger partial charge in [0.1, 0.15) is 0 Å². The zero-order valence-electron chi connectivity index (χ0n) is 15.6. The lowest BCUT2D eigenvalue weighted by atomic mass is 9.98. The normalized spacial score (nSPS) is 18.1. The van der Waals surface area contributed by atoms with Crippen LogP contribution in [0.3, 0.4) is 0 Å². The van der Waals surface area contributed by atoms with Crippen LogP contribution in [-0.2, 0) is 0 Å². The zero-order valence-corrected chi connectivity index (χ0v) is 16.4. The van der Waals surface area contributed by atoms with Gasteiger partial charge in [-0.2, -0.15) is 0 Å². The van der Waals surface area contributed by atoms with E-state index in [1.54, 1.807) is 0 Å². The van der Waals surface area contributed by atoms with Gasteiger partial charge in [0.25, 0.3) is 0 Å². The summed E-state index contributed by atoms with van der Waals surface area (Å²) in [5.74, 6) is 0. The van der Waals surface area contributed by atoms with Crippen LogP contribution in [0.2, 0.25) is 0 Å². The number of para-hydroxylation sites is 1. The van der Waals surface area contributed by atoms with Crippen LogP contribution in [0.15, 0.2) is 60.7 Å². The number of likely N-dealkylation sites (N-methyl/N-ethyl adjacent to an activating group) is 1. The predicted octanol–water partition coefficient (Wildman–Crippen LogP) is 3.35. The van der Waals surface area contributed by atoms with Gasteiger partial charge in [0.05, 0.1) is 6.04 Å². The fraction of sp³-hybridized carbons (Fsp3) is 0.381. The fourth-order valence-electron chi connectivity index (χ4n) is 3.54. The van der Waals surface area contributed by atoms with Crippen LogP contribution in [-0.4, -0.2) is 54.2 Å². The number of nitrogens with one attached hydrogen (secondary N) is 2. The quantitative estimate of drug-likeness (QED) is 0.791. The standard InChI is InChI=1S/C21H28N4S/c1-17(22-21(26)23-19-11-7-4-8-12-19)20(18-9-5-3-6-10-18)25-15-13-24(2)14-16-25/h3-12,17,20H,13-16H2,1-2H3,(H2,22,23,26). The number of hydrogen-bond acceptors (Lipinski definition) is 3. The minimum Gasteiger partial charge on any atom is -0.358 e. The summed E-state index contributed by atoms with van der Waals surface area (Å²) in [5.41, 5.74) is 2.34. The van der Waals surface area contributed by atoms with Crippen molar-refractivity contribution in [3.63, 3.8) is 0 Å². The van der Waals surface area contributed by atoms with Crippen LogP contribution in [0.4, 0.5) is 5.69 Å². The highest BCUT2D eigenvalue weighted by Crippen LogP contribution is 2.25. The molecule has 2 aromatic carbocycles. The van der Waals surface area contributed by atoms with Crippen molar-refractivity contribution >= 4 is 23.0 Å². The average molecular weight is 369 g/mol. The summed E-state index contributed by atoms with van der Waals surface area (Å²) in [4.78, 5) is 4.95. The highest BCUT2D eigenvalue weighted by atomic mass is 32.1. The summed E-state index contributed by atoms with van der Waals surface area (Å²) in [7, 11) is 2.19. The van der Waals surface area contributed by atoms with Crippen molar-refractivity contribution < 1.29 is 0 Å². The first kappa shape index (κ1) is 18.8. The van der Waals surface area contributed by atoms with Crippen molar-refractivity contribution in [2.24, 2.45) is 0 Å². The lowest BCUT2D eigenvalue weighted by molar-refractivity contribution is 0.0973. The van der Waals surface area contributed by atoms with E-state index >= 15 is 0 Å². The molecule has 1 saturated heterocycles. The van der Waals surface area contributed by atoms with Gasteiger partial charge >= 0.3 is 0 Å². The van der Waals surface area contributed by atoms with E-state index in [0.29, 0.717) is 11.2 Å². The number of rotatable bonds is 5. The summed E-state index contributed by atoms with van der Waals surface area (Å²) in [6.45, 7) is 6.56. The van der Waals surface area contributed by atoms with Gasteiger partial charge in [-0.15, -0.1) is 0 Å². The first-order chi connectivity index (χ1) is 12.6. The van der Waals surface area contributed by atoms with Crippen LogP contribution in [0.1, 0.15) is 18.5 Å². The molecule has 138 valence electrons. The van der Waals surface area contributed by atoms with E-state index in [1.165, 1.54) is 5.56 Å². The van der Waals surface area contributed by atoms with E-state index < -0.39 is 0 Å². The minimum absolute atomic E-state index is 0.199. The third-order valence-electron chi connectivity index (χ3n) is 4.94. The molecule has 2 unspecified atom stereocenters. The molecule has 0 aromatic heterocycles. The Kier molecular flexibility index (Phi) is 6.61. The number of benzene rings is 2. The smallest absolute Gasteiger partial charge is 0.171 e. The van der Waals surface area contributed by atoms with Gasteiger partial charge in [0, 0.05) is 37.9 Å². The molecular weight excluding hydrogens is 340 g/mol. The van der Waals surface area contributed by atoms with Crippen LogP contribution in [0.5, 0.6) is 0 Å². The Balaban J connectivity index is 1.70. The molecule has 0 saturated carbocycles. The zero-order chi connectivity index (χ0) is 18.4. The van der Waals surface area contributed by atoms with E-state index in [2.05, 4.69) is 64.7 Å².